The molecule has 1 spiro atoms. The van der Waals surface area contributed by atoms with E-state index in [9.17, 15) is 14.7 Å². The summed E-state index contributed by atoms with van der Waals surface area (Å²) in [6.45, 7) is 5.90. The van der Waals surface area contributed by atoms with E-state index < -0.39 is 23.3 Å². The van der Waals surface area contributed by atoms with E-state index in [4.69, 9.17) is 21.1 Å². The highest BCUT2D eigenvalue weighted by atomic mass is 35.5. The molecule has 0 saturated carbocycles. The Balaban J connectivity index is 1.31. The number of hydrogen-bond donors (Lipinski definition) is 4. The van der Waals surface area contributed by atoms with E-state index in [1.807, 2.05) is 30.3 Å². The number of aromatic amines is 1. The number of halogens is 1. The number of carbonyl (C=O) groups excluding carboxylic acids is 2. The van der Waals surface area contributed by atoms with Crippen molar-refractivity contribution in [1.29, 1.82) is 0 Å². The molecule has 4 N–H and O–H groups in total. The molecule has 4 heterocycles. The van der Waals surface area contributed by atoms with Gasteiger partial charge in [0.2, 0.25) is 0 Å². The Morgan fingerprint density at radius 2 is 1.93 bits per heavy atom. The van der Waals surface area contributed by atoms with Gasteiger partial charge in [-0.25, -0.2) is 9.78 Å². The molecule has 2 aliphatic rings. The van der Waals surface area contributed by atoms with Crippen LogP contribution in [-0.2, 0) is 9.53 Å². The van der Waals surface area contributed by atoms with Gasteiger partial charge in [0.15, 0.2) is 0 Å². The zero-order valence-electron chi connectivity index (χ0n) is 22.8. The molecule has 2 atom stereocenters. The van der Waals surface area contributed by atoms with Crippen LogP contribution in [0.1, 0.15) is 44.4 Å². The third kappa shape index (κ3) is 5.05. The number of pyridine rings is 1. The molecule has 1 saturated heterocycles. The maximum Gasteiger partial charge on any atom is 0.410 e. The lowest BCUT2D eigenvalue weighted by Crippen LogP contribution is -2.55. The number of nitrogens with zero attached hydrogens (tertiary/aromatic N) is 2. The number of amides is 2. The van der Waals surface area contributed by atoms with Crippen molar-refractivity contribution < 1.29 is 24.2 Å². The monoisotopic (exact) mass is 575 g/mol. The number of hydrogen-bond acceptors (Lipinski definition) is 7. The number of anilines is 2. The van der Waals surface area contributed by atoms with Gasteiger partial charge in [-0.15, -0.1) is 0 Å². The molecule has 2 amide bonds. The average molecular weight is 576 g/mol. The van der Waals surface area contributed by atoms with Gasteiger partial charge in [0.25, 0.3) is 5.91 Å². The summed E-state index contributed by atoms with van der Waals surface area (Å²) >= 11 is 6.62. The van der Waals surface area contributed by atoms with E-state index in [1.165, 1.54) is 4.90 Å². The van der Waals surface area contributed by atoms with Crippen molar-refractivity contribution in [3.05, 3.63) is 77.1 Å². The zero-order valence-corrected chi connectivity index (χ0v) is 23.6. The van der Waals surface area contributed by atoms with Crippen LogP contribution in [0.25, 0.3) is 11.0 Å². The average Bonchev–Trinajstić information content (AvgIpc) is 3.55. The summed E-state index contributed by atoms with van der Waals surface area (Å²) in [4.78, 5) is 35.1. The van der Waals surface area contributed by atoms with E-state index in [0.717, 1.165) is 0 Å². The van der Waals surface area contributed by atoms with Crippen molar-refractivity contribution in [1.82, 2.24) is 14.9 Å². The maximum atomic E-state index is 13.3. The second kappa shape index (κ2) is 9.97. The van der Waals surface area contributed by atoms with Gasteiger partial charge < -0.3 is 35.1 Å². The number of nitrogens with one attached hydrogen (secondary N) is 3. The molecule has 2 aromatic heterocycles. The maximum absolute atomic E-state index is 13.3. The predicted octanol–water partition coefficient (Wildman–Crippen LogP) is 5.83. The molecular weight excluding hydrogens is 546 g/mol. The lowest BCUT2D eigenvalue weighted by atomic mass is 9.92. The molecule has 4 aromatic rings. The highest BCUT2D eigenvalue weighted by molar-refractivity contribution is 6.31. The van der Waals surface area contributed by atoms with Crippen LogP contribution in [0.5, 0.6) is 11.5 Å². The fourth-order valence-corrected chi connectivity index (χ4v) is 5.54. The van der Waals surface area contributed by atoms with Crippen LogP contribution >= 0.6 is 11.6 Å². The molecule has 2 aliphatic heterocycles. The Hall–Kier alpha value is -4.28. The summed E-state index contributed by atoms with van der Waals surface area (Å²) in [6.07, 6.45) is 2.05. The lowest BCUT2D eigenvalue weighted by Gasteiger charge is -2.36. The van der Waals surface area contributed by atoms with Gasteiger partial charge >= 0.3 is 6.09 Å². The number of carbonyl (C=O) groups is 2. The van der Waals surface area contributed by atoms with Gasteiger partial charge in [0.05, 0.1) is 34.5 Å². The van der Waals surface area contributed by atoms with Crippen molar-refractivity contribution in [2.75, 3.05) is 23.7 Å². The van der Waals surface area contributed by atoms with Gasteiger partial charge in [-0.1, -0.05) is 35.9 Å². The number of para-hydroxylation sites is 1. The smallest absolute Gasteiger partial charge is 0.410 e. The zero-order chi connectivity index (χ0) is 28.9. The van der Waals surface area contributed by atoms with E-state index in [1.54, 1.807) is 51.4 Å². The van der Waals surface area contributed by atoms with Crippen LogP contribution in [0, 0.1) is 0 Å². The molecule has 10 nitrogen and oxygen atoms in total. The molecule has 2 unspecified atom stereocenters. The molecule has 2 aromatic carbocycles. The Labute approximate surface area is 241 Å². The van der Waals surface area contributed by atoms with Crippen LogP contribution < -0.4 is 15.4 Å². The van der Waals surface area contributed by atoms with Crippen molar-refractivity contribution >= 4 is 46.0 Å². The summed E-state index contributed by atoms with van der Waals surface area (Å²) in [7, 11) is 0. The number of aliphatic hydroxyl groups is 1. The molecule has 6 rings (SSSR count). The minimum absolute atomic E-state index is 0.133. The summed E-state index contributed by atoms with van der Waals surface area (Å²) < 4.78 is 11.4. The van der Waals surface area contributed by atoms with Crippen molar-refractivity contribution in [3.63, 3.8) is 0 Å². The number of H-pyrrole nitrogens is 1. The first kappa shape index (κ1) is 26.9. The molecular formula is C30H30ClN5O5. The molecule has 41 heavy (non-hydrogen) atoms. The minimum Gasteiger partial charge on any atom is -0.457 e. The fourth-order valence-electron chi connectivity index (χ4n) is 5.26. The number of fused-ring (bicyclic) bond motifs is 3. The molecule has 0 aliphatic carbocycles. The summed E-state index contributed by atoms with van der Waals surface area (Å²) in [6, 6.07) is 14.5. The molecule has 0 bridgehead atoms. The number of aromatic nitrogens is 2. The third-order valence-corrected chi connectivity index (χ3v) is 7.57. The minimum atomic E-state index is -1.10. The Kier molecular flexibility index (Phi) is 6.55. The largest absolute Gasteiger partial charge is 0.457 e. The van der Waals surface area contributed by atoms with Crippen LogP contribution in [0.15, 0.2) is 60.9 Å². The van der Waals surface area contributed by atoms with Crippen LogP contribution in [-0.4, -0.2) is 56.2 Å². The number of benzene rings is 2. The van der Waals surface area contributed by atoms with Crippen LogP contribution in [0.2, 0.25) is 5.02 Å². The lowest BCUT2D eigenvalue weighted by molar-refractivity contribution is -0.120. The third-order valence-electron chi connectivity index (χ3n) is 7.24. The Morgan fingerprint density at radius 3 is 2.66 bits per heavy atom. The Bertz CT molecular complexity index is 1650. The summed E-state index contributed by atoms with van der Waals surface area (Å²) in [5.41, 5.74) is 0.916. The van der Waals surface area contributed by atoms with E-state index >= 15 is 0 Å². The van der Waals surface area contributed by atoms with Crippen LogP contribution in [0.4, 0.5) is 16.2 Å². The number of rotatable bonds is 4. The highest BCUT2D eigenvalue weighted by Crippen LogP contribution is 2.44. The van der Waals surface area contributed by atoms with E-state index in [2.05, 4.69) is 20.6 Å². The van der Waals surface area contributed by atoms with Crippen molar-refractivity contribution in [3.8, 4) is 11.5 Å². The second-order valence-electron chi connectivity index (χ2n) is 11.3. The fraction of sp³-hybridized carbons (Fsp3) is 0.300. The van der Waals surface area contributed by atoms with Gasteiger partial charge in [-0.05, 0) is 51.5 Å². The molecule has 212 valence electrons. The quantitative estimate of drug-likeness (QED) is 0.241. The number of likely N-dealkylation sites (tertiary alicyclic amines) is 1. The SMILES string of the molecule is CC(C)(C)OC(=O)N1CCC2(C1)Nc1c(cnc3[nH]cc(C(O)c4ccc(Oc5ccccc5)cc4Cl)c13)NC2=O. The van der Waals surface area contributed by atoms with E-state index in [0.29, 0.717) is 63.0 Å². The first-order valence-electron chi connectivity index (χ1n) is 13.3. The highest BCUT2D eigenvalue weighted by Gasteiger charge is 2.50. The number of aliphatic hydroxyl groups excluding tert-OH is 1. The van der Waals surface area contributed by atoms with Gasteiger partial charge in [0, 0.05) is 23.9 Å². The van der Waals surface area contributed by atoms with Crippen molar-refractivity contribution in [2.24, 2.45) is 0 Å². The topological polar surface area (TPSA) is 129 Å². The Morgan fingerprint density at radius 1 is 1.15 bits per heavy atom. The first-order valence-corrected chi connectivity index (χ1v) is 13.7. The molecule has 0 radical (unpaired) electrons. The van der Waals surface area contributed by atoms with Crippen LogP contribution in [0.3, 0.4) is 0 Å². The van der Waals surface area contributed by atoms with Crippen molar-refractivity contribution in [2.45, 2.75) is 44.4 Å². The standard InChI is InChI=1S/C30H30ClN5O5/c1-29(2,3)41-28(39)36-12-11-30(16-36)27(38)34-22-15-33-26-23(24(22)35-30)20(14-32-26)25(37)19-10-9-18(13-21(19)31)40-17-7-5-4-6-8-17/h4-10,13-15,25,35,37H,11-12,16H2,1-3H3,(H,32,33)(H,34,38). The van der Waals surface area contributed by atoms with E-state index in [-0.39, 0.29) is 12.5 Å². The van der Waals surface area contributed by atoms with Gasteiger partial charge in [-0.2, -0.15) is 0 Å². The molecule has 1 fully saturated rings. The normalized spacial score (nSPS) is 19.0. The molecule has 11 heteroatoms. The second-order valence-corrected chi connectivity index (χ2v) is 11.7. The first-order chi connectivity index (χ1) is 19.5. The predicted molar refractivity (Wildman–Crippen MR) is 156 cm³/mol. The summed E-state index contributed by atoms with van der Waals surface area (Å²) in [5.74, 6) is 0.953. The van der Waals surface area contributed by atoms with Gasteiger partial charge in [0.1, 0.15) is 34.4 Å². The summed E-state index contributed by atoms with van der Waals surface area (Å²) in [5, 5.41) is 18.8. The van der Waals surface area contributed by atoms with Gasteiger partial charge in [-0.3, -0.25) is 4.79 Å². The number of ether oxygens (including phenoxy) is 2.